The summed E-state index contributed by atoms with van der Waals surface area (Å²) in [6, 6.07) is 10.8. The zero-order valence-electron chi connectivity index (χ0n) is 22.8. The average Bonchev–Trinajstić information content (AvgIpc) is 3.40. The van der Waals surface area contributed by atoms with Gasteiger partial charge in [0.25, 0.3) is 5.91 Å². The Morgan fingerprint density at radius 2 is 1.82 bits per heavy atom. The number of carbonyl (C=O) groups excluding carboxylic acids is 4. The Bertz CT molecular complexity index is 1220. The smallest absolute Gasteiger partial charge is 0.255 e. The highest BCUT2D eigenvalue weighted by atomic mass is 16.5. The highest BCUT2D eigenvalue weighted by Gasteiger charge is 2.36. The lowest BCUT2D eigenvalue weighted by molar-refractivity contribution is -0.138. The number of amides is 4. The number of fused-ring (bicyclic) bond motifs is 1. The van der Waals surface area contributed by atoms with E-state index in [2.05, 4.69) is 10.6 Å². The molecule has 1 saturated heterocycles. The van der Waals surface area contributed by atoms with Crippen molar-refractivity contribution in [3.8, 4) is 11.5 Å². The summed E-state index contributed by atoms with van der Waals surface area (Å²) in [5.74, 6) is -1.40. The van der Waals surface area contributed by atoms with Crippen LogP contribution in [0.2, 0.25) is 0 Å². The van der Waals surface area contributed by atoms with E-state index in [1.807, 2.05) is 0 Å². The minimum atomic E-state index is -1.16. The molecule has 0 radical (unpaired) electrons. The Morgan fingerprint density at radius 3 is 2.58 bits per heavy atom. The lowest BCUT2D eigenvalue weighted by atomic mass is 10.0. The van der Waals surface area contributed by atoms with Crippen LogP contribution in [0, 0.1) is 0 Å². The predicted octanol–water partition coefficient (Wildman–Crippen LogP) is 1.10. The van der Waals surface area contributed by atoms with Gasteiger partial charge in [-0.2, -0.15) is 0 Å². The van der Waals surface area contributed by atoms with Gasteiger partial charge in [0.05, 0.1) is 31.2 Å². The zero-order chi connectivity index (χ0) is 28.6. The Morgan fingerprint density at radius 1 is 1.07 bits per heavy atom. The van der Waals surface area contributed by atoms with Crippen LogP contribution in [0.1, 0.15) is 35.2 Å². The number of rotatable bonds is 5. The van der Waals surface area contributed by atoms with E-state index >= 15 is 0 Å². The topological polar surface area (TPSA) is 138 Å². The number of likely N-dealkylation sites (tertiary alicyclic amines) is 1. The van der Waals surface area contributed by atoms with Crippen molar-refractivity contribution in [1.29, 1.82) is 0 Å². The highest BCUT2D eigenvalue weighted by molar-refractivity contribution is 6.01. The summed E-state index contributed by atoms with van der Waals surface area (Å²) >= 11 is 0. The summed E-state index contributed by atoms with van der Waals surface area (Å²) in [5, 5.41) is 15.2. The molecule has 2 aromatic rings. The Kier molecular flexibility index (Phi) is 9.60. The molecule has 2 aliphatic heterocycles. The third-order valence-corrected chi connectivity index (χ3v) is 7.21. The van der Waals surface area contributed by atoms with Crippen molar-refractivity contribution in [2.24, 2.45) is 0 Å². The maximum atomic E-state index is 13.7. The second-order valence-electron chi connectivity index (χ2n) is 10.1. The minimum absolute atomic E-state index is 0.0884. The third kappa shape index (κ3) is 7.09. The van der Waals surface area contributed by atoms with Crippen LogP contribution < -0.4 is 15.4 Å². The van der Waals surface area contributed by atoms with Gasteiger partial charge in [-0.15, -0.1) is 0 Å². The van der Waals surface area contributed by atoms with Gasteiger partial charge in [0.15, 0.2) is 0 Å². The molecule has 3 N–H and O–H groups in total. The van der Waals surface area contributed by atoms with Crippen molar-refractivity contribution in [3.63, 3.8) is 0 Å². The fraction of sp³-hybridized carbons (Fsp3) is 0.448. The first kappa shape index (κ1) is 28.9. The molecule has 2 aromatic carbocycles. The van der Waals surface area contributed by atoms with E-state index < -0.39 is 23.9 Å². The Hall–Kier alpha value is -4.12. The molecule has 40 heavy (non-hydrogen) atoms. The maximum Gasteiger partial charge on any atom is 0.255 e. The fourth-order valence-corrected chi connectivity index (χ4v) is 5.08. The maximum absolute atomic E-state index is 13.7. The van der Waals surface area contributed by atoms with Gasteiger partial charge in [0.1, 0.15) is 30.2 Å². The average molecular weight is 553 g/mol. The number of hydrogen-bond acceptors (Lipinski definition) is 7. The third-order valence-electron chi connectivity index (χ3n) is 7.21. The van der Waals surface area contributed by atoms with Crippen LogP contribution in [-0.2, 0) is 25.5 Å². The molecule has 4 rings (SSSR count). The van der Waals surface area contributed by atoms with Crippen molar-refractivity contribution in [3.05, 3.63) is 59.7 Å². The Balaban J connectivity index is 1.64. The number of hydrogen-bond donors (Lipinski definition) is 3. The van der Waals surface area contributed by atoms with Crippen LogP contribution in [0.15, 0.2) is 48.5 Å². The molecule has 0 unspecified atom stereocenters. The lowest BCUT2D eigenvalue weighted by Crippen LogP contribution is -2.54. The number of carbonyl (C=O) groups is 4. The monoisotopic (exact) mass is 552 g/mol. The van der Waals surface area contributed by atoms with E-state index in [0.29, 0.717) is 18.9 Å². The second-order valence-corrected chi connectivity index (χ2v) is 10.1. The fourth-order valence-electron chi connectivity index (χ4n) is 5.08. The number of phenols is 1. The first-order chi connectivity index (χ1) is 19.3. The van der Waals surface area contributed by atoms with Crippen LogP contribution in [0.3, 0.4) is 0 Å². The number of para-hydroxylation sites is 1. The number of nitrogens with one attached hydrogen (secondary N) is 2. The van der Waals surface area contributed by atoms with Gasteiger partial charge in [-0.05, 0) is 42.7 Å². The van der Waals surface area contributed by atoms with E-state index in [-0.39, 0.29) is 55.2 Å². The van der Waals surface area contributed by atoms with Crippen LogP contribution >= 0.6 is 0 Å². The van der Waals surface area contributed by atoms with Crippen LogP contribution in [0.25, 0.3) is 0 Å². The van der Waals surface area contributed by atoms with Gasteiger partial charge in [-0.1, -0.05) is 24.3 Å². The van der Waals surface area contributed by atoms with E-state index in [9.17, 15) is 24.3 Å². The molecule has 3 atom stereocenters. The van der Waals surface area contributed by atoms with Crippen molar-refractivity contribution >= 4 is 23.6 Å². The van der Waals surface area contributed by atoms with E-state index in [4.69, 9.17) is 9.47 Å². The Labute approximate surface area is 233 Å². The lowest BCUT2D eigenvalue weighted by Gasteiger charge is -2.30. The molecule has 0 aromatic heterocycles. The molecule has 0 spiro atoms. The van der Waals surface area contributed by atoms with Crippen LogP contribution in [0.4, 0.5) is 0 Å². The SMILES string of the molecule is COC[C@@H]1CCCN1C(=O)[C@@H]1CC(=O)N[C@@H](Cc2ccc(O)cc2)C(=O)N(C)CCOc2ccccc2C(=O)N1. The number of ether oxygens (including phenoxy) is 2. The van der Waals surface area contributed by atoms with Crippen LogP contribution in [-0.4, -0.2) is 97.1 Å². The minimum Gasteiger partial charge on any atom is -0.508 e. The number of aromatic hydroxyl groups is 1. The standard InChI is InChI=1S/C29H36N4O7/c1-32-14-15-40-25-8-4-3-7-22(25)27(36)31-24(29(38)33-13-5-6-20(33)18-39-2)17-26(35)30-23(28(32)37)16-19-9-11-21(34)12-10-19/h3-4,7-12,20,23-24,34H,5-6,13-18H2,1-2H3,(H,30,35)(H,31,36)/t20-,23-,24-/m0/s1. The molecule has 0 saturated carbocycles. The van der Waals surface area contributed by atoms with Crippen molar-refractivity contribution in [2.45, 2.75) is 43.8 Å². The van der Waals surface area contributed by atoms with Crippen LogP contribution in [0.5, 0.6) is 11.5 Å². The molecular formula is C29H36N4O7. The quantitative estimate of drug-likeness (QED) is 0.505. The number of phenolic OH excluding ortho intramolecular Hbond substituents is 1. The molecule has 214 valence electrons. The van der Waals surface area contributed by atoms with Gasteiger partial charge >= 0.3 is 0 Å². The zero-order valence-corrected chi connectivity index (χ0v) is 22.8. The summed E-state index contributed by atoms with van der Waals surface area (Å²) in [6.07, 6.45) is 1.37. The van der Waals surface area contributed by atoms with E-state index in [0.717, 1.165) is 18.4 Å². The summed E-state index contributed by atoms with van der Waals surface area (Å²) in [6.45, 7) is 1.17. The van der Waals surface area contributed by atoms with Gasteiger partial charge < -0.3 is 35.0 Å². The number of methoxy groups -OCH3 is 1. The predicted molar refractivity (Wildman–Crippen MR) is 146 cm³/mol. The van der Waals surface area contributed by atoms with E-state index in [1.165, 1.54) is 17.0 Å². The number of nitrogens with zero attached hydrogens (tertiary/aromatic N) is 2. The molecule has 0 bridgehead atoms. The summed E-state index contributed by atoms with van der Waals surface area (Å²) < 4.78 is 11.2. The largest absolute Gasteiger partial charge is 0.508 e. The molecule has 2 aliphatic rings. The molecule has 4 amide bonds. The summed E-state index contributed by atoms with van der Waals surface area (Å²) in [5.41, 5.74) is 0.961. The van der Waals surface area contributed by atoms with Gasteiger partial charge in [-0.3, -0.25) is 19.2 Å². The van der Waals surface area contributed by atoms with Gasteiger partial charge in [0.2, 0.25) is 17.7 Å². The first-order valence-corrected chi connectivity index (χ1v) is 13.4. The second kappa shape index (κ2) is 13.3. The first-order valence-electron chi connectivity index (χ1n) is 13.4. The molecular weight excluding hydrogens is 516 g/mol. The summed E-state index contributed by atoms with van der Waals surface area (Å²) in [4.78, 5) is 56.9. The molecule has 11 heteroatoms. The molecule has 1 fully saturated rings. The normalized spacial score (nSPS) is 22.6. The van der Waals surface area contributed by atoms with Gasteiger partial charge in [0, 0.05) is 27.1 Å². The van der Waals surface area contributed by atoms with Crippen molar-refractivity contribution < 1.29 is 33.8 Å². The number of likely N-dealkylation sites (N-methyl/N-ethyl adjacent to an activating group) is 1. The number of benzene rings is 2. The molecule has 0 aliphatic carbocycles. The summed E-state index contributed by atoms with van der Waals surface area (Å²) in [7, 11) is 3.18. The van der Waals surface area contributed by atoms with Gasteiger partial charge in [-0.25, -0.2) is 0 Å². The van der Waals surface area contributed by atoms with Crippen molar-refractivity contribution in [1.82, 2.24) is 20.4 Å². The van der Waals surface area contributed by atoms with Crippen molar-refractivity contribution in [2.75, 3.05) is 40.5 Å². The van der Waals surface area contributed by atoms with E-state index in [1.54, 1.807) is 55.5 Å². The highest BCUT2D eigenvalue weighted by Crippen LogP contribution is 2.22. The molecule has 11 nitrogen and oxygen atoms in total. The molecule has 2 heterocycles.